The fourth-order valence-corrected chi connectivity index (χ4v) is 1.86. The Balaban J connectivity index is 2.35. The smallest absolute Gasteiger partial charge is 0.229 e. The van der Waals surface area contributed by atoms with Crippen LogP contribution in [0.4, 0.5) is 0 Å². The van der Waals surface area contributed by atoms with Gasteiger partial charge in [-0.05, 0) is 30.5 Å². The Bertz CT molecular complexity index is 546. The predicted octanol–water partition coefficient (Wildman–Crippen LogP) is 2.86. The molecule has 2 aromatic rings. The van der Waals surface area contributed by atoms with Gasteiger partial charge in [-0.25, -0.2) is 0 Å². The summed E-state index contributed by atoms with van der Waals surface area (Å²) >= 11 is 0. The maximum atomic E-state index is 6.21. The van der Waals surface area contributed by atoms with E-state index in [-0.39, 0.29) is 12.0 Å². The van der Waals surface area contributed by atoms with E-state index in [1.165, 1.54) is 11.1 Å². The quantitative estimate of drug-likeness (QED) is 0.903. The predicted molar refractivity (Wildman–Crippen MR) is 70.3 cm³/mol. The summed E-state index contributed by atoms with van der Waals surface area (Å²) in [5, 5.41) is 3.97. The Morgan fingerprint density at radius 2 is 1.94 bits per heavy atom. The maximum absolute atomic E-state index is 6.21. The van der Waals surface area contributed by atoms with E-state index in [9.17, 15) is 0 Å². The molecule has 4 heteroatoms. The molecule has 1 aromatic carbocycles. The minimum atomic E-state index is -0.332. The molecule has 0 aliphatic carbocycles. The van der Waals surface area contributed by atoms with Crippen LogP contribution in [0.2, 0.25) is 0 Å². The van der Waals surface area contributed by atoms with Gasteiger partial charge in [-0.2, -0.15) is 4.98 Å². The highest BCUT2D eigenvalue weighted by Gasteiger charge is 2.19. The molecule has 0 aliphatic rings. The number of nitrogens with zero attached hydrogens (tertiary/aromatic N) is 2. The lowest BCUT2D eigenvalue weighted by Crippen LogP contribution is -2.15. The van der Waals surface area contributed by atoms with Crippen molar-refractivity contribution in [3.05, 3.63) is 46.6 Å². The first-order valence-electron chi connectivity index (χ1n) is 6.16. The molecule has 2 rings (SSSR count). The molecule has 18 heavy (non-hydrogen) atoms. The average Bonchev–Trinajstić information content (AvgIpc) is 2.81. The van der Waals surface area contributed by atoms with E-state index in [1.54, 1.807) is 0 Å². The molecular weight excluding hydrogens is 226 g/mol. The maximum Gasteiger partial charge on any atom is 0.229 e. The average molecular weight is 245 g/mol. The number of rotatable bonds is 3. The second-order valence-electron chi connectivity index (χ2n) is 4.91. The molecule has 0 fully saturated rings. The fraction of sp³-hybridized carbons (Fsp3) is 0.429. The van der Waals surface area contributed by atoms with Gasteiger partial charge in [0.25, 0.3) is 0 Å². The van der Waals surface area contributed by atoms with Gasteiger partial charge in [0.15, 0.2) is 5.82 Å². The van der Waals surface area contributed by atoms with E-state index in [0.717, 1.165) is 5.56 Å². The number of nitrogens with two attached hydrogens (primary N) is 1. The van der Waals surface area contributed by atoms with Crippen LogP contribution >= 0.6 is 0 Å². The molecule has 1 atom stereocenters. The summed E-state index contributed by atoms with van der Waals surface area (Å²) in [7, 11) is 0. The summed E-state index contributed by atoms with van der Waals surface area (Å²) < 4.78 is 5.20. The van der Waals surface area contributed by atoms with Crippen molar-refractivity contribution in [3.63, 3.8) is 0 Å². The van der Waals surface area contributed by atoms with Gasteiger partial charge < -0.3 is 10.3 Å². The summed E-state index contributed by atoms with van der Waals surface area (Å²) in [5.74, 6) is 1.40. The summed E-state index contributed by atoms with van der Waals surface area (Å²) in [6.45, 7) is 8.16. The minimum Gasteiger partial charge on any atom is -0.339 e. The highest BCUT2D eigenvalue weighted by molar-refractivity contribution is 5.37. The number of aryl methyl sites for hydroxylation is 1. The fourth-order valence-electron chi connectivity index (χ4n) is 1.86. The Kier molecular flexibility index (Phi) is 3.48. The van der Waals surface area contributed by atoms with E-state index in [0.29, 0.717) is 11.7 Å². The van der Waals surface area contributed by atoms with Crippen LogP contribution in [0.1, 0.15) is 54.2 Å². The van der Waals surface area contributed by atoms with Gasteiger partial charge in [-0.1, -0.05) is 37.2 Å². The summed E-state index contributed by atoms with van der Waals surface area (Å²) in [6.07, 6.45) is 0. The molecule has 4 nitrogen and oxygen atoms in total. The molecule has 0 saturated heterocycles. The molecule has 1 heterocycles. The zero-order valence-corrected chi connectivity index (χ0v) is 11.3. The molecule has 0 radical (unpaired) electrons. The van der Waals surface area contributed by atoms with Crippen molar-refractivity contribution >= 4 is 0 Å². The van der Waals surface area contributed by atoms with Crippen LogP contribution in [0.25, 0.3) is 0 Å². The van der Waals surface area contributed by atoms with E-state index in [4.69, 9.17) is 10.3 Å². The molecule has 0 saturated carbocycles. The van der Waals surface area contributed by atoms with Crippen molar-refractivity contribution in [2.24, 2.45) is 5.73 Å². The first-order valence-corrected chi connectivity index (χ1v) is 6.16. The van der Waals surface area contributed by atoms with Crippen LogP contribution in [0, 0.1) is 13.8 Å². The Hall–Kier alpha value is -1.68. The highest BCUT2D eigenvalue weighted by atomic mass is 16.5. The largest absolute Gasteiger partial charge is 0.339 e. The molecule has 2 N–H and O–H groups in total. The third-order valence-corrected chi connectivity index (χ3v) is 3.21. The van der Waals surface area contributed by atoms with Gasteiger partial charge in [-0.15, -0.1) is 0 Å². The normalized spacial score (nSPS) is 13.0. The minimum absolute atomic E-state index is 0.219. The zero-order valence-electron chi connectivity index (χ0n) is 11.3. The summed E-state index contributed by atoms with van der Waals surface area (Å²) in [4.78, 5) is 4.35. The molecular formula is C14H19N3O. The lowest BCUT2D eigenvalue weighted by atomic mass is 9.97. The van der Waals surface area contributed by atoms with Crippen molar-refractivity contribution in [2.75, 3.05) is 0 Å². The van der Waals surface area contributed by atoms with E-state index in [2.05, 4.69) is 30.1 Å². The van der Waals surface area contributed by atoms with Crippen LogP contribution in [0.15, 0.2) is 22.7 Å². The molecule has 1 unspecified atom stereocenters. The molecule has 0 spiro atoms. The van der Waals surface area contributed by atoms with Crippen LogP contribution in [0.5, 0.6) is 0 Å². The molecule has 1 aromatic heterocycles. The van der Waals surface area contributed by atoms with Gasteiger partial charge in [0.2, 0.25) is 5.89 Å². The van der Waals surface area contributed by atoms with Crippen LogP contribution in [0.3, 0.4) is 0 Å². The van der Waals surface area contributed by atoms with Crippen molar-refractivity contribution < 1.29 is 4.52 Å². The Morgan fingerprint density at radius 3 is 2.56 bits per heavy atom. The van der Waals surface area contributed by atoms with Crippen molar-refractivity contribution in [1.29, 1.82) is 0 Å². The van der Waals surface area contributed by atoms with Crippen molar-refractivity contribution in [1.82, 2.24) is 10.1 Å². The molecule has 96 valence electrons. The molecule has 0 amide bonds. The van der Waals surface area contributed by atoms with Crippen molar-refractivity contribution in [3.8, 4) is 0 Å². The van der Waals surface area contributed by atoms with E-state index < -0.39 is 0 Å². The third kappa shape index (κ3) is 2.29. The van der Waals surface area contributed by atoms with Gasteiger partial charge in [0.05, 0.1) is 6.04 Å². The second-order valence-corrected chi connectivity index (χ2v) is 4.91. The first-order chi connectivity index (χ1) is 8.50. The highest BCUT2D eigenvalue weighted by Crippen LogP contribution is 2.23. The lowest BCUT2D eigenvalue weighted by Gasteiger charge is -2.12. The monoisotopic (exact) mass is 245 g/mol. The van der Waals surface area contributed by atoms with Gasteiger partial charge in [0.1, 0.15) is 0 Å². The molecule has 0 aliphatic heterocycles. The van der Waals surface area contributed by atoms with Gasteiger partial charge in [0, 0.05) is 5.92 Å². The van der Waals surface area contributed by atoms with Gasteiger partial charge >= 0.3 is 0 Å². The van der Waals surface area contributed by atoms with E-state index >= 15 is 0 Å². The lowest BCUT2D eigenvalue weighted by molar-refractivity contribution is 0.359. The first kappa shape index (κ1) is 12.8. The Morgan fingerprint density at radius 1 is 1.22 bits per heavy atom. The SMILES string of the molecule is Cc1cccc(C(N)c2noc(C(C)C)n2)c1C. The molecule has 0 bridgehead atoms. The number of benzene rings is 1. The summed E-state index contributed by atoms with van der Waals surface area (Å²) in [6, 6.07) is 5.75. The topological polar surface area (TPSA) is 64.9 Å². The second kappa shape index (κ2) is 4.90. The van der Waals surface area contributed by atoms with E-state index in [1.807, 2.05) is 26.0 Å². The summed E-state index contributed by atoms with van der Waals surface area (Å²) in [5.41, 5.74) is 9.66. The van der Waals surface area contributed by atoms with Crippen LogP contribution in [-0.4, -0.2) is 10.1 Å². The number of hydrogen-bond donors (Lipinski definition) is 1. The number of hydrogen-bond acceptors (Lipinski definition) is 4. The Labute approximate surface area is 107 Å². The third-order valence-electron chi connectivity index (χ3n) is 3.21. The number of aromatic nitrogens is 2. The van der Waals surface area contributed by atoms with Crippen LogP contribution in [-0.2, 0) is 0 Å². The van der Waals surface area contributed by atoms with Crippen LogP contribution < -0.4 is 5.73 Å². The zero-order chi connectivity index (χ0) is 13.3. The van der Waals surface area contributed by atoms with Crippen molar-refractivity contribution in [2.45, 2.75) is 39.7 Å². The standard InChI is InChI=1S/C14H19N3O/c1-8(2)14-16-13(17-18-14)12(15)11-7-5-6-9(3)10(11)4/h5-8,12H,15H2,1-4H3. The van der Waals surface area contributed by atoms with Gasteiger partial charge in [-0.3, -0.25) is 0 Å².